The lowest BCUT2D eigenvalue weighted by atomic mass is 9.44. The predicted molar refractivity (Wildman–Crippen MR) is 106 cm³/mol. The molecule has 4 aliphatic rings. The molecular weight excluding hydrogens is 376 g/mol. The zero-order chi connectivity index (χ0) is 20.5. The van der Waals surface area contributed by atoms with Crippen LogP contribution in [0.4, 0.5) is 0 Å². The van der Waals surface area contributed by atoms with E-state index < -0.39 is 10.1 Å². The largest absolute Gasteiger partial charge is 0.300 e. The topological polar surface area (TPSA) is 77.5 Å². The third-order valence-corrected chi connectivity index (χ3v) is 9.72. The summed E-state index contributed by atoms with van der Waals surface area (Å²) in [6, 6.07) is 0. The van der Waals surface area contributed by atoms with E-state index in [4.69, 9.17) is 4.18 Å². The molecule has 0 N–H and O–H groups in total. The van der Waals surface area contributed by atoms with Crippen LogP contribution in [0.1, 0.15) is 72.1 Å². The zero-order valence-electron chi connectivity index (χ0n) is 17.6. The van der Waals surface area contributed by atoms with Crippen LogP contribution in [0.25, 0.3) is 0 Å². The van der Waals surface area contributed by atoms with Crippen molar-refractivity contribution in [3.05, 3.63) is 0 Å². The van der Waals surface area contributed by atoms with Gasteiger partial charge in [0.25, 0.3) is 10.1 Å². The van der Waals surface area contributed by atoms with Crippen LogP contribution in [-0.4, -0.2) is 32.3 Å². The highest BCUT2D eigenvalue weighted by Gasteiger charge is 2.63. The lowest BCUT2D eigenvalue weighted by Crippen LogP contribution is -2.58. The second-order valence-electron chi connectivity index (χ2n) is 10.6. The molecule has 4 fully saturated rings. The molecule has 0 aliphatic heterocycles. The third kappa shape index (κ3) is 3.10. The molecule has 4 rings (SSSR count). The van der Waals surface area contributed by atoms with Crippen LogP contribution >= 0.6 is 0 Å². The van der Waals surface area contributed by atoms with Crippen molar-refractivity contribution < 1.29 is 22.2 Å². The Bertz CT molecular complexity index is 789. The summed E-state index contributed by atoms with van der Waals surface area (Å²) in [5, 5.41) is 0. The Morgan fingerprint density at radius 1 is 1.07 bits per heavy atom. The lowest BCUT2D eigenvalue weighted by molar-refractivity contribution is -0.161. The summed E-state index contributed by atoms with van der Waals surface area (Å²) < 4.78 is 28.4. The van der Waals surface area contributed by atoms with Gasteiger partial charge in [0.15, 0.2) is 0 Å². The van der Waals surface area contributed by atoms with E-state index in [1.807, 2.05) is 0 Å². The van der Waals surface area contributed by atoms with E-state index >= 15 is 0 Å². The molecule has 0 aromatic rings. The molecule has 4 aliphatic carbocycles. The van der Waals surface area contributed by atoms with Crippen molar-refractivity contribution in [2.24, 2.45) is 40.4 Å². The fourth-order valence-electron chi connectivity index (χ4n) is 8.04. The number of hydrogen-bond acceptors (Lipinski definition) is 5. The number of ketones is 2. The SMILES string of the molecule is CC(=O)[C@@H]1CC[C@@H]2[C@@H]3CC[C@@H]4C[C@H](OS(C)(=O)=O)CC[C@]4(C)[C@@H]3C(=O)C[C@@]21C. The molecule has 6 heteroatoms. The minimum atomic E-state index is -3.45. The van der Waals surface area contributed by atoms with Crippen molar-refractivity contribution in [3.63, 3.8) is 0 Å². The highest BCUT2D eigenvalue weighted by molar-refractivity contribution is 7.86. The highest BCUT2D eigenvalue weighted by Crippen LogP contribution is 2.66. The monoisotopic (exact) mass is 410 g/mol. The minimum absolute atomic E-state index is 0.0341. The first-order valence-electron chi connectivity index (χ1n) is 10.9. The van der Waals surface area contributed by atoms with E-state index in [1.165, 1.54) is 0 Å². The predicted octanol–water partition coefficient (Wildman–Crippen LogP) is 3.76. The van der Waals surface area contributed by atoms with Crippen LogP contribution < -0.4 is 0 Å². The van der Waals surface area contributed by atoms with Crippen molar-refractivity contribution in [2.75, 3.05) is 6.26 Å². The summed E-state index contributed by atoms with van der Waals surface area (Å²) in [5.74, 6) is 1.88. The van der Waals surface area contributed by atoms with Gasteiger partial charge in [0.1, 0.15) is 11.6 Å². The number of Topliss-reactive ketones (excluding diaryl/α,β-unsaturated/α-hetero) is 2. The quantitative estimate of drug-likeness (QED) is 0.662. The summed E-state index contributed by atoms with van der Waals surface area (Å²) in [6.07, 6.45) is 7.74. The van der Waals surface area contributed by atoms with Gasteiger partial charge in [-0.05, 0) is 80.5 Å². The van der Waals surface area contributed by atoms with Gasteiger partial charge < -0.3 is 0 Å². The van der Waals surface area contributed by atoms with Crippen LogP contribution in [0.15, 0.2) is 0 Å². The average Bonchev–Trinajstić information content (AvgIpc) is 2.90. The van der Waals surface area contributed by atoms with Crippen LogP contribution in [0.5, 0.6) is 0 Å². The van der Waals surface area contributed by atoms with Gasteiger partial charge in [-0.3, -0.25) is 13.8 Å². The maximum atomic E-state index is 13.5. The molecule has 0 amide bonds. The van der Waals surface area contributed by atoms with Crippen molar-refractivity contribution in [1.82, 2.24) is 0 Å². The summed E-state index contributed by atoms with van der Waals surface area (Å²) in [4.78, 5) is 25.7. The number of carbonyl (C=O) groups is 2. The van der Waals surface area contributed by atoms with Gasteiger partial charge in [0.2, 0.25) is 0 Å². The molecule has 0 unspecified atom stereocenters. The fraction of sp³-hybridized carbons (Fsp3) is 0.909. The summed E-state index contributed by atoms with van der Waals surface area (Å²) in [5.41, 5.74) is -0.225. The van der Waals surface area contributed by atoms with E-state index in [-0.39, 0.29) is 34.6 Å². The third-order valence-electron chi connectivity index (χ3n) is 9.10. The molecular formula is C22H34O5S. The summed E-state index contributed by atoms with van der Waals surface area (Å²) in [6.45, 7) is 6.15. The van der Waals surface area contributed by atoms with Gasteiger partial charge in [-0.15, -0.1) is 0 Å². The standard InChI is InChI=1S/C22H34O5S/c1-13(23)17-7-8-18-16-6-5-14-11-15(27-28(4,25)26)9-10-21(14,2)20(16)19(24)12-22(17,18)3/h14-18,20H,5-12H2,1-4H3/t14-,15-,16+,17+,18-,20+,21+,22-/m1/s1. The van der Waals surface area contributed by atoms with E-state index in [9.17, 15) is 18.0 Å². The normalized spacial score (nSPS) is 48.5. The maximum absolute atomic E-state index is 13.5. The maximum Gasteiger partial charge on any atom is 0.264 e. The van der Waals surface area contributed by atoms with Gasteiger partial charge in [-0.2, -0.15) is 8.42 Å². The summed E-state index contributed by atoms with van der Waals surface area (Å²) >= 11 is 0. The Hall–Kier alpha value is -0.750. The van der Waals surface area contributed by atoms with E-state index in [0.29, 0.717) is 36.4 Å². The van der Waals surface area contributed by atoms with Crippen molar-refractivity contribution >= 4 is 21.7 Å². The van der Waals surface area contributed by atoms with Crippen LogP contribution in [0, 0.1) is 40.4 Å². The van der Waals surface area contributed by atoms with Crippen LogP contribution in [-0.2, 0) is 23.9 Å². The van der Waals surface area contributed by atoms with Crippen molar-refractivity contribution in [1.29, 1.82) is 0 Å². The molecule has 0 spiro atoms. The minimum Gasteiger partial charge on any atom is -0.300 e. The molecule has 0 heterocycles. The van der Waals surface area contributed by atoms with E-state index in [1.54, 1.807) is 6.92 Å². The van der Waals surface area contributed by atoms with Crippen molar-refractivity contribution in [3.8, 4) is 0 Å². The van der Waals surface area contributed by atoms with E-state index in [2.05, 4.69) is 13.8 Å². The van der Waals surface area contributed by atoms with Gasteiger partial charge in [-0.25, -0.2) is 0 Å². The first-order valence-corrected chi connectivity index (χ1v) is 12.7. The van der Waals surface area contributed by atoms with Crippen LogP contribution in [0.2, 0.25) is 0 Å². The molecule has 8 atom stereocenters. The first-order chi connectivity index (χ1) is 13.0. The highest BCUT2D eigenvalue weighted by atomic mass is 32.2. The molecule has 0 aromatic carbocycles. The Labute approximate surface area is 169 Å². The van der Waals surface area contributed by atoms with Gasteiger partial charge in [0.05, 0.1) is 12.4 Å². The molecule has 28 heavy (non-hydrogen) atoms. The fourth-order valence-corrected chi connectivity index (χ4v) is 8.71. The van der Waals surface area contributed by atoms with Gasteiger partial charge >= 0.3 is 0 Å². The zero-order valence-corrected chi connectivity index (χ0v) is 18.4. The molecule has 4 saturated carbocycles. The molecule has 0 aromatic heterocycles. The molecule has 0 radical (unpaired) electrons. The number of rotatable bonds is 3. The summed E-state index contributed by atoms with van der Waals surface area (Å²) in [7, 11) is -3.45. The Morgan fingerprint density at radius 2 is 1.79 bits per heavy atom. The van der Waals surface area contributed by atoms with Gasteiger partial charge in [0, 0.05) is 18.3 Å². The number of fused-ring (bicyclic) bond motifs is 5. The van der Waals surface area contributed by atoms with Crippen LogP contribution in [0.3, 0.4) is 0 Å². The Kier molecular flexibility index (Phi) is 4.86. The van der Waals surface area contributed by atoms with Crippen molar-refractivity contribution in [2.45, 2.75) is 78.2 Å². The second kappa shape index (κ2) is 6.63. The smallest absolute Gasteiger partial charge is 0.264 e. The van der Waals surface area contributed by atoms with E-state index in [0.717, 1.165) is 44.8 Å². The average molecular weight is 411 g/mol. The first kappa shape index (κ1) is 20.5. The molecule has 5 nitrogen and oxygen atoms in total. The molecule has 0 bridgehead atoms. The Balaban J connectivity index is 1.59. The second-order valence-corrected chi connectivity index (χ2v) is 12.2. The Morgan fingerprint density at radius 3 is 2.43 bits per heavy atom. The lowest BCUT2D eigenvalue weighted by Gasteiger charge is -2.59. The number of hydrogen-bond donors (Lipinski definition) is 0. The molecule has 158 valence electrons. The van der Waals surface area contributed by atoms with Gasteiger partial charge in [-0.1, -0.05) is 13.8 Å². The molecule has 0 saturated heterocycles. The number of carbonyl (C=O) groups excluding carboxylic acids is 2.